The van der Waals surface area contributed by atoms with E-state index in [0.29, 0.717) is 28.0 Å². The summed E-state index contributed by atoms with van der Waals surface area (Å²) < 4.78 is 0. The molecule has 6 heteroatoms. The predicted molar refractivity (Wildman–Crippen MR) is 120 cm³/mol. The van der Waals surface area contributed by atoms with Crippen molar-refractivity contribution in [2.75, 3.05) is 0 Å². The van der Waals surface area contributed by atoms with Gasteiger partial charge in [-0.3, -0.25) is 9.98 Å². The number of phenolic OH excluding ortho intramolecular Hbond substituents is 1. The first-order valence-electron chi connectivity index (χ1n) is 9.48. The standard InChI is InChI=1S/C25H17N3O2.Pt/c29-23-10-4-7-16-6-3-9-20(25(16)23)27-14-22-18-8-2-1-5-17(18)13-21(28-22)19-11-12-26-15-24(19)30;/h1-15,29-30H;. The number of nitrogens with zero attached hydrogens (tertiary/aromatic N) is 3. The Hall–Kier alpha value is -3.56. The molecule has 0 saturated heterocycles. The number of aromatic nitrogens is 2. The molecule has 0 fully saturated rings. The molecule has 5 rings (SSSR count). The molecule has 0 aliphatic rings. The van der Waals surface area contributed by atoms with Crippen LogP contribution in [-0.4, -0.2) is 26.4 Å². The van der Waals surface area contributed by atoms with E-state index >= 15 is 0 Å². The molecule has 0 aliphatic heterocycles. The van der Waals surface area contributed by atoms with E-state index in [4.69, 9.17) is 4.98 Å². The summed E-state index contributed by atoms with van der Waals surface area (Å²) in [4.78, 5) is 13.3. The van der Waals surface area contributed by atoms with E-state index in [9.17, 15) is 10.2 Å². The molecule has 0 amide bonds. The largest absolute Gasteiger partial charge is 0.507 e. The van der Waals surface area contributed by atoms with Crippen molar-refractivity contribution in [1.82, 2.24) is 9.97 Å². The average molecular weight is 587 g/mol. The van der Waals surface area contributed by atoms with E-state index in [0.717, 1.165) is 16.2 Å². The van der Waals surface area contributed by atoms with Gasteiger partial charge < -0.3 is 10.2 Å². The van der Waals surface area contributed by atoms with Gasteiger partial charge in [-0.1, -0.05) is 48.5 Å². The second-order valence-corrected chi connectivity index (χ2v) is 6.92. The Labute approximate surface area is 193 Å². The van der Waals surface area contributed by atoms with E-state index in [2.05, 4.69) is 9.98 Å². The van der Waals surface area contributed by atoms with Crippen molar-refractivity contribution in [2.45, 2.75) is 0 Å². The molecule has 0 spiro atoms. The fourth-order valence-electron chi connectivity index (χ4n) is 3.60. The van der Waals surface area contributed by atoms with Crippen molar-refractivity contribution < 1.29 is 31.3 Å². The normalized spacial score (nSPS) is 11.1. The summed E-state index contributed by atoms with van der Waals surface area (Å²) in [5.41, 5.74) is 2.57. The number of rotatable bonds is 3. The summed E-state index contributed by atoms with van der Waals surface area (Å²) in [6.45, 7) is 0. The second-order valence-electron chi connectivity index (χ2n) is 6.92. The van der Waals surface area contributed by atoms with Crippen LogP contribution in [0.5, 0.6) is 11.5 Å². The third-order valence-electron chi connectivity index (χ3n) is 5.03. The van der Waals surface area contributed by atoms with E-state index in [1.165, 1.54) is 6.20 Å². The van der Waals surface area contributed by atoms with Gasteiger partial charge in [-0.05, 0) is 35.0 Å². The summed E-state index contributed by atoms with van der Waals surface area (Å²) >= 11 is 0. The number of fused-ring (bicyclic) bond motifs is 2. The molecule has 31 heavy (non-hydrogen) atoms. The Bertz CT molecular complexity index is 1430. The van der Waals surface area contributed by atoms with Crippen molar-refractivity contribution in [2.24, 2.45) is 4.99 Å². The van der Waals surface area contributed by atoms with Gasteiger partial charge in [0.05, 0.1) is 29.5 Å². The van der Waals surface area contributed by atoms with Gasteiger partial charge >= 0.3 is 0 Å². The smallest absolute Gasteiger partial charge is 0.143 e. The van der Waals surface area contributed by atoms with Crippen LogP contribution in [0.2, 0.25) is 0 Å². The van der Waals surface area contributed by atoms with Crippen molar-refractivity contribution in [3.8, 4) is 22.8 Å². The van der Waals surface area contributed by atoms with Crippen LogP contribution < -0.4 is 0 Å². The first-order valence-corrected chi connectivity index (χ1v) is 9.48. The Morgan fingerprint density at radius 2 is 1.58 bits per heavy atom. The third-order valence-corrected chi connectivity index (χ3v) is 5.03. The molecular formula is C25H17N3O2Pt. The van der Waals surface area contributed by atoms with Gasteiger partial charge in [-0.25, -0.2) is 4.98 Å². The van der Waals surface area contributed by atoms with Gasteiger partial charge in [0.25, 0.3) is 0 Å². The van der Waals surface area contributed by atoms with Gasteiger partial charge in [-0.15, -0.1) is 0 Å². The molecule has 0 saturated carbocycles. The van der Waals surface area contributed by atoms with Crippen molar-refractivity contribution in [3.63, 3.8) is 0 Å². The maximum Gasteiger partial charge on any atom is 0.143 e. The fraction of sp³-hybridized carbons (Fsp3) is 0. The summed E-state index contributed by atoms with van der Waals surface area (Å²) in [5, 5.41) is 24.1. The fourth-order valence-corrected chi connectivity index (χ4v) is 3.60. The minimum Gasteiger partial charge on any atom is -0.507 e. The van der Waals surface area contributed by atoms with Crippen LogP contribution >= 0.6 is 0 Å². The Morgan fingerprint density at radius 3 is 2.42 bits per heavy atom. The maximum atomic E-state index is 10.3. The zero-order valence-electron chi connectivity index (χ0n) is 16.2. The first-order chi connectivity index (χ1) is 14.7. The van der Waals surface area contributed by atoms with Crippen LogP contribution in [0.25, 0.3) is 32.8 Å². The molecule has 0 atom stereocenters. The van der Waals surface area contributed by atoms with Gasteiger partial charge in [0.1, 0.15) is 11.5 Å². The Kier molecular flexibility index (Phi) is 5.79. The Balaban J connectivity index is 0.00000231. The molecule has 0 radical (unpaired) electrons. The molecule has 2 aromatic heterocycles. The van der Waals surface area contributed by atoms with Gasteiger partial charge in [-0.2, -0.15) is 0 Å². The van der Waals surface area contributed by atoms with Crippen molar-refractivity contribution in [3.05, 3.63) is 90.9 Å². The molecule has 2 heterocycles. The molecule has 0 bridgehead atoms. The van der Waals surface area contributed by atoms with Crippen LogP contribution in [0.1, 0.15) is 5.69 Å². The molecule has 2 N–H and O–H groups in total. The topological polar surface area (TPSA) is 78.6 Å². The minimum absolute atomic E-state index is 0. The number of benzene rings is 3. The number of pyridine rings is 2. The van der Waals surface area contributed by atoms with Gasteiger partial charge in [0.15, 0.2) is 0 Å². The molecule has 5 nitrogen and oxygen atoms in total. The number of hydrogen-bond acceptors (Lipinski definition) is 5. The van der Waals surface area contributed by atoms with E-state index in [1.807, 2.05) is 60.7 Å². The van der Waals surface area contributed by atoms with E-state index < -0.39 is 0 Å². The number of aromatic hydroxyl groups is 2. The average Bonchev–Trinajstić information content (AvgIpc) is 2.77. The summed E-state index contributed by atoms with van der Waals surface area (Å²) in [5.74, 6) is 0.260. The zero-order chi connectivity index (χ0) is 20.5. The summed E-state index contributed by atoms with van der Waals surface area (Å²) in [6, 6.07) is 22.7. The molecule has 0 aliphatic carbocycles. The molecular weight excluding hydrogens is 569 g/mol. The molecule has 154 valence electrons. The molecule has 0 unspecified atom stereocenters. The summed E-state index contributed by atoms with van der Waals surface area (Å²) in [7, 11) is 0. The van der Waals surface area contributed by atoms with Crippen LogP contribution in [0.3, 0.4) is 0 Å². The minimum atomic E-state index is 0. The predicted octanol–water partition coefficient (Wildman–Crippen LogP) is 5.61. The van der Waals surface area contributed by atoms with Crippen molar-refractivity contribution in [1.29, 1.82) is 0 Å². The Morgan fingerprint density at radius 1 is 0.806 bits per heavy atom. The first kappa shape index (κ1) is 20.7. The number of phenols is 1. The summed E-state index contributed by atoms with van der Waals surface area (Å²) in [6.07, 6.45) is 4.72. The van der Waals surface area contributed by atoms with Crippen LogP contribution in [0, 0.1) is 0 Å². The number of aliphatic imine (C=N–C) groups is 1. The number of hydrogen-bond donors (Lipinski definition) is 2. The second kappa shape index (κ2) is 8.66. The van der Waals surface area contributed by atoms with E-state index in [1.54, 1.807) is 24.5 Å². The molecule has 3 aromatic carbocycles. The van der Waals surface area contributed by atoms with Gasteiger partial charge in [0, 0.05) is 43.6 Å². The quantitative estimate of drug-likeness (QED) is 0.270. The SMILES string of the molecule is Oc1cnccc1-c1cc2ccccc2c(C=Nc2cccc3cccc(O)c23)n1.[Pt]. The van der Waals surface area contributed by atoms with Crippen LogP contribution in [-0.2, 0) is 21.1 Å². The van der Waals surface area contributed by atoms with Crippen LogP contribution in [0.15, 0.2) is 90.2 Å². The van der Waals surface area contributed by atoms with Crippen molar-refractivity contribution >= 4 is 33.4 Å². The monoisotopic (exact) mass is 586 g/mol. The maximum absolute atomic E-state index is 10.3. The van der Waals surface area contributed by atoms with Gasteiger partial charge in [0.2, 0.25) is 0 Å². The zero-order valence-corrected chi connectivity index (χ0v) is 18.5. The molecule has 5 aromatic rings. The third kappa shape index (κ3) is 3.92. The van der Waals surface area contributed by atoms with Crippen LogP contribution in [0.4, 0.5) is 5.69 Å². The van der Waals surface area contributed by atoms with E-state index in [-0.39, 0.29) is 32.6 Å².